The van der Waals surface area contributed by atoms with Gasteiger partial charge < -0.3 is 14.0 Å². The molecule has 2 bridgehead atoms. The van der Waals surface area contributed by atoms with Crippen molar-refractivity contribution in [2.75, 3.05) is 13.0 Å². The number of aryl methyl sites for hydroxylation is 1. The number of ether oxygens (including phenoxy) is 2. The SMILES string of the molecule is COc1ccc2c(c1)nc(CCCl)n2C1CC2CCC1O2. The molecule has 0 amide bonds. The van der Waals surface area contributed by atoms with E-state index in [-0.39, 0.29) is 0 Å². The van der Waals surface area contributed by atoms with Gasteiger partial charge in [0.05, 0.1) is 36.4 Å². The first kappa shape index (κ1) is 13.4. The molecule has 2 aliphatic heterocycles. The Kier molecular flexibility index (Phi) is 3.31. The van der Waals surface area contributed by atoms with Gasteiger partial charge in [-0.25, -0.2) is 4.98 Å². The molecule has 3 heterocycles. The summed E-state index contributed by atoms with van der Waals surface area (Å²) in [4.78, 5) is 4.78. The number of alkyl halides is 1. The van der Waals surface area contributed by atoms with Gasteiger partial charge in [0.15, 0.2) is 0 Å². The van der Waals surface area contributed by atoms with Crippen molar-refractivity contribution in [3.8, 4) is 5.75 Å². The molecule has 2 fully saturated rings. The van der Waals surface area contributed by atoms with Crippen molar-refractivity contribution in [2.45, 2.75) is 43.9 Å². The number of imidazole rings is 1. The third-order valence-corrected chi connectivity index (χ3v) is 4.88. The van der Waals surface area contributed by atoms with Gasteiger partial charge in [0.1, 0.15) is 11.6 Å². The van der Waals surface area contributed by atoms with Crippen molar-refractivity contribution in [3.63, 3.8) is 0 Å². The molecule has 3 atom stereocenters. The molecule has 5 heteroatoms. The summed E-state index contributed by atoms with van der Waals surface area (Å²) >= 11 is 5.97. The molecule has 112 valence electrons. The van der Waals surface area contributed by atoms with Gasteiger partial charge in [-0.3, -0.25) is 0 Å². The highest BCUT2D eigenvalue weighted by atomic mass is 35.5. The molecule has 1 aromatic carbocycles. The molecule has 4 nitrogen and oxygen atoms in total. The first-order valence-corrected chi connectivity index (χ1v) is 8.10. The van der Waals surface area contributed by atoms with E-state index >= 15 is 0 Å². The second-order valence-corrected chi connectivity index (χ2v) is 6.25. The lowest BCUT2D eigenvalue weighted by molar-refractivity contribution is 0.0940. The molecule has 0 saturated carbocycles. The van der Waals surface area contributed by atoms with E-state index in [0.29, 0.717) is 24.1 Å². The van der Waals surface area contributed by atoms with Crippen LogP contribution in [0.15, 0.2) is 18.2 Å². The first-order chi connectivity index (χ1) is 10.3. The molecule has 1 aromatic heterocycles. The van der Waals surface area contributed by atoms with Gasteiger partial charge in [-0.1, -0.05) is 0 Å². The van der Waals surface area contributed by atoms with Gasteiger partial charge in [-0.2, -0.15) is 0 Å². The molecule has 0 aliphatic carbocycles. The van der Waals surface area contributed by atoms with Crippen LogP contribution in [0.4, 0.5) is 0 Å². The maximum Gasteiger partial charge on any atom is 0.121 e. The van der Waals surface area contributed by atoms with E-state index in [1.807, 2.05) is 12.1 Å². The number of hydrogen-bond donors (Lipinski definition) is 0. The van der Waals surface area contributed by atoms with Crippen molar-refractivity contribution in [1.29, 1.82) is 0 Å². The number of fused-ring (bicyclic) bond motifs is 3. The van der Waals surface area contributed by atoms with Crippen molar-refractivity contribution in [2.24, 2.45) is 0 Å². The van der Waals surface area contributed by atoms with E-state index in [1.54, 1.807) is 7.11 Å². The van der Waals surface area contributed by atoms with Crippen LogP contribution >= 0.6 is 11.6 Å². The lowest BCUT2D eigenvalue weighted by Crippen LogP contribution is -2.22. The molecule has 21 heavy (non-hydrogen) atoms. The Bertz CT molecular complexity index is 670. The normalized spacial score (nSPS) is 27.6. The first-order valence-electron chi connectivity index (χ1n) is 7.56. The van der Waals surface area contributed by atoms with Gasteiger partial charge in [-0.15, -0.1) is 11.6 Å². The average Bonchev–Trinajstić information content (AvgIpc) is 3.19. The van der Waals surface area contributed by atoms with Crippen molar-refractivity contribution in [3.05, 3.63) is 24.0 Å². The Balaban J connectivity index is 1.83. The molecule has 0 radical (unpaired) electrons. The summed E-state index contributed by atoms with van der Waals surface area (Å²) in [5, 5.41) is 0. The summed E-state index contributed by atoms with van der Waals surface area (Å²) < 4.78 is 13.7. The van der Waals surface area contributed by atoms with Crippen LogP contribution in [0.25, 0.3) is 11.0 Å². The molecular formula is C16H19ClN2O2. The second-order valence-electron chi connectivity index (χ2n) is 5.87. The van der Waals surface area contributed by atoms with E-state index in [9.17, 15) is 0 Å². The zero-order valence-electron chi connectivity index (χ0n) is 12.1. The van der Waals surface area contributed by atoms with Crippen molar-refractivity contribution >= 4 is 22.6 Å². The van der Waals surface area contributed by atoms with E-state index in [1.165, 1.54) is 6.42 Å². The minimum absolute atomic E-state index is 0.337. The fourth-order valence-corrected chi connectivity index (χ4v) is 3.94. The van der Waals surface area contributed by atoms with E-state index in [2.05, 4.69) is 10.6 Å². The summed E-state index contributed by atoms with van der Waals surface area (Å²) in [6.07, 6.45) is 5.00. The maximum absolute atomic E-state index is 6.03. The second kappa shape index (κ2) is 5.18. The van der Waals surface area contributed by atoms with Crippen molar-refractivity contribution in [1.82, 2.24) is 9.55 Å². The third-order valence-electron chi connectivity index (χ3n) is 4.69. The highest BCUT2D eigenvalue weighted by Crippen LogP contribution is 2.43. The highest BCUT2D eigenvalue weighted by molar-refractivity contribution is 6.17. The zero-order chi connectivity index (χ0) is 14.4. The number of benzene rings is 1. The number of halogens is 1. The number of methoxy groups -OCH3 is 1. The van der Waals surface area contributed by atoms with E-state index in [0.717, 1.165) is 41.9 Å². The maximum atomic E-state index is 6.03. The molecule has 4 rings (SSSR count). The lowest BCUT2D eigenvalue weighted by Gasteiger charge is -2.23. The van der Waals surface area contributed by atoms with Gasteiger partial charge in [-0.05, 0) is 31.4 Å². The summed E-state index contributed by atoms with van der Waals surface area (Å²) in [5.41, 5.74) is 2.15. The van der Waals surface area contributed by atoms with Gasteiger partial charge in [0.25, 0.3) is 0 Å². The van der Waals surface area contributed by atoms with Gasteiger partial charge in [0.2, 0.25) is 0 Å². The minimum Gasteiger partial charge on any atom is -0.497 e. The van der Waals surface area contributed by atoms with Gasteiger partial charge in [0, 0.05) is 18.4 Å². The predicted octanol–water partition coefficient (Wildman–Crippen LogP) is 3.32. The van der Waals surface area contributed by atoms with Crippen LogP contribution in [-0.4, -0.2) is 34.7 Å². The average molecular weight is 307 g/mol. The van der Waals surface area contributed by atoms with Crippen LogP contribution in [0.3, 0.4) is 0 Å². The van der Waals surface area contributed by atoms with E-state index in [4.69, 9.17) is 26.1 Å². The fourth-order valence-electron chi connectivity index (χ4n) is 3.77. The molecule has 2 aromatic rings. The Morgan fingerprint density at radius 1 is 1.43 bits per heavy atom. The van der Waals surface area contributed by atoms with Crippen LogP contribution in [0.2, 0.25) is 0 Å². The summed E-state index contributed by atoms with van der Waals surface area (Å²) in [6.45, 7) is 0. The molecule has 3 unspecified atom stereocenters. The molecule has 2 saturated heterocycles. The summed E-state index contributed by atoms with van der Waals surface area (Å²) in [7, 11) is 1.68. The molecule has 2 aliphatic rings. The van der Waals surface area contributed by atoms with Crippen LogP contribution < -0.4 is 4.74 Å². The topological polar surface area (TPSA) is 36.3 Å². The van der Waals surface area contributed by atoms with Crippen molar-refractivity contribution < 1.29 is 9.47 Å². The van der Waals surface area contributed by atoms with Crippen LogP contribution in [0, 0.1) is 0 Å². The minimum atomic E-state index is 0.337. The Labute approximate surface area is 129 Å². The fraction of sp³-hybridized carbons (Fsp3) is 0.562. The van der Waals surface area contributed by atoms with Crippen LogP contribution in [-0.2, 0) is 11.2 Å². The number of hydrogen-bond acceptors (Lipinski definition) is 3. The molecular weight excluding hydrogens is 288 g/mol. The number of aromatic nitrogens is 2. The quantitative estimate of drug-likeness (QED) is 0.813. The van der Waals surface area contributed by atoms with Gasteiger partial charge >= 0.3 is 0 Å². The standard InChI is InChI=1S/C16H19ClN2O2/c1-20-10-2-4-13-12(8-10)18-16(6-7-17)19(13)14-9-11-3-5-15(14)21-11/h2,4,8,11,14-15H,3,5-7,9H2,1H3. The smallest absolute Gasteiger partial charge is 0.121 e. The zero-order valence-corrected chi connectivity index (χ0v) is 12.8. The number of nitrogens with zero attached hydrogens (tertiary/aromatic N) is 2. The number of rotatable bonds is 4. The van der Waals surface area contributed by atoms with Crippen LogP contribution in [0.5, 0.6) is 5.75 Å². The van der Waals surface area contributed by atoms with E-state index < -0.39 is 0 Å². The Morgan fingerprint density at radius 2 is 2.33 bits per heavy atom. The monoisotopic (exact) mass is 306 g/mol. The molecule has 0 N–H and O–H groups in total. The third kappa shape index (κ3) is 2.12. The summed E-state index contributed by atoms with van der Waals surface area (Å²) in [6, 6.07) is 6.50. The lowest BCUT2D eigenvalue weighted by atomic mass is 9.95. The largest absolute Gasteiger partial charge is 0.497 e. The highest BCUT2D eigenvalue weighted by Gasteiger charge is 2.42. The van der Waals surface area contributed by atoms with Crippen LogP contribution in [0.1, 0.15) is 31.1 Å². The molecule has 0 spiro atoms. The Morgan fingerprint density at radius 3 is 3.00 bits per heavy atom. The Hall–Kier alpha value is -1.26. The predicted molar refractivity (Wildman–Crippen MR) is 82.3 cm³/mol. The summed E-state index contributed by atoms with van der Waals surface area (Å²) in [5.74, 6) is 2.49.